The zero-order chi connectivity index (χ0) is 11.9. The van der Waals surface area contributed by atoms with Crippen molar-refractivity contribution in [2.75, 3.05) is 11.4 Å². The highest BCUT2D eigenvalue weighted by atomic mass is 79.9. The Labute approximate surface area is 112 Å². The Bertz CT molecular complexity index is 445. The maximum Gasteiger partial charge on any atom is 0.228 e. The molecule has 1 heterocycles. The summed E-state index contributed by atoms with van der Waals surface area (Å²) in [6, 6.07) is 4.14. The van der Waals surface area contributed by atoms with Gasteiger partial charge < -0.3 is 4.90 Å². The molecule has 1 atom stereocenters. The molecule has 2 nitrogen and oxygen atoms in total. The second-order valence-electron chi connectivity index (χ2n) is 4.19. The second kappa shape index (κ2) is 4.49. The van der Waals surface area contributed by atoms with Gasteiger partial charge >= 0.3 is 0 Å². The summed E-state index contributed by atoms with van der Waals surface area (Å²) in [6.07, 6.45) is 0.592. The number of anilines is 1. The smallest absolute Gasteiger partial charge is 0.228 e. The number of hydrogen-bond acceptors (Lipinski definition) is 1. The van der Waals surface area contributed by atoms with E-state index in [2.05, 4.69) is 44.0 Å². The first-order valence-electron chi connectivity index (χ1n) is 5.20. The van der Waals surface area contributed by atoms with Gasteiger partial charge in [-0.15, -0.1) is 0 Å². The SMILES string of the molecule is Cc1cc(N2CC(Br)CC2=O)c(C)cc1Br. The van der Waals surface area contributed by atoms with Gasteiger partial charge in [0.05, 0.1) is 0 Å². The minimum absolute atomic E-state index is 0.201. The van der Waals surface area contributed by atoms with Crippen molar-refractivity contribution in [3.05, 3.63) is 27.7 Å². The van der Waals surface area contributed by atoms with Gasteiger partial charge in [-0.3, -0.25) is 4.79 Å². The first kappa shape index (κ1) is 12.1. The molecule has 1 aromatic rings. The van der Waals surface area contributed by atoms with Crippen molar-refractivity contribution in [3.63, 3.8) is 0 Å². The number of nitrogens with zero attached hydrogens (tertiary/aromatic N) is 1. The molecule has 0 radical (unpaired) electrons. The third-order valence-electron chi connectivity index (χ3n) is 2.85. The highest BCUT2D eigenvalue weighted by Gasteiger charge is 2.29. The zero-order valence-corrected chi connectivity index (χ0v) is 12.4. The number of alkyl halides is 1. The number of halogens is 2. The molecule has 2 rings (SSSR count). The van der Waals surface area contributed by atoms with Crippen molar-refractivity contribution >= 4 is 43.5 Å². The molecule has 16 heavy (non-hydrogen) atoms. The van der Waals surface area contributed by atoms with Gasteiger partial charge in [0.15, 0.2) is 0 Å². The minimum atomic E-state index is 0.201. The fourth-order valence-electron chi connectivity index (χ4n) is 1.95. The Kier molecular flexibility index (Phi) is 3.40. The molecular formula is C12H13Br2NO. The molecule has 1 saturated heterocycles. The van der Waals surface area contributed by atoms with E-state index in [1.54, 1.807) is 0 Å². The molecule has 0 saturated carbocycles. The molecule has 0 aromatic heterocycles. The molecule has 0 spiro atoms. The number of carbonyl (C=O) groups excluding carboxylic acids is 1. The van der Waals surface area contributed by atoms with Crippen LogP contribution in [0.4, 0.5) is 5.69 Å². The van der Waals surface area contributed by atoms with Crippen LogP contribution in [0.2, 0.25) is 0 Å². The topological polar surface area (TPSA) is 20.3 Å². The van der Waals surface area contributed by atoms with Crippen molar-refractivity contribution in [2.45, 2.75) is 25.1 Å². The minimum Gasteiger partial charge on any atom is -0.311 e. The lowest BCUT2D eigenvalue weighted by molar-refractivity contribution is -0.117. The lowest BCUT2D eigenvalue weighted by Gasteiger charge is -2.19. The van der Waals surface area contributed by atoms with Crippen molar-refractivity contribution in [1.82, 2.24) is 0 Å². The molecule has 0 N–H and O–H groups in total. The summed E-state index contributed by atoms with van der Waals surface area (Å²) in [5.74, 6) is 0.201. The van der Waals surface area contributed by atoms with Crippen LogP contribution >= 0.6 is 31.9 Å². The largest absolute Gasteiger partial charge is 0.311 e. The van der Waals surface area contributed by atoms with Crippen LogP contribution in [0, 0.1) is 13.8 Å². The van der Waals surface area contributed by atoms with E-state index in [0.29, 0.717) is 6.42 Å². The summed E-state index contributed by atoms with van der Waals surface area (Å²) in [5.41, 5.74) is 3.33. The highest BCUT2D eigenvalue weighted by molar-refractivity contribution is 9.10. The van der Waals surface area contributed by atoms with Crippen LogP contribution in [-0.4, -0.2) is 17.3 Å². The van der Waals surface area contributed by atoms with Crippen LogP contribution in [0.1, 0.15) is 17.5 Å². The predicted molar refractivity (Wildman–Crippen MR) is 73.3 cm³/mol. The number of hydrogen-bond donors (Lipinski definition) is 0. The fraction of sp³-hybridized carbons (Fsp3) is 0.417. The average Bonchev–Trinajstić information content (AvgIpc) is 2.51. The van der Waals surface area contributed by atoms with E-state index < -0.39 is 0 Å². The molecule has 1 unspecified atom stereocenters. The molecular weight excluding hydrogens is 334 g/mol. The van der Waals surface area contributed by atoms with E-state index in [0.717, 1.165) is 27.8 Å². The average molecular weight is 347 g/mol. The van der Waals surface area contributed by atoms with E-state index >= 15 is 0 Å². The maximum atomic E-state index is 11.8. The third-order valence-corrected chi connectivity index (χ3v) is 4.31. The molecule has 4 heteroatoms. The molecule has 1 aliphatic rings. The predicted octanol–water partition coefficient (Wildman–Crippen LogP) is 3.57. The first-order valence-corrected chi connectivity index (χ1v) is 6.91. The molecule has 1 amide bonds. The Balaban J connectivity index is 2.41. The first-order chi connectivity index (χ1) is 7.49. The summed E-state index contributed by atoms with van der Waals surface area (Å²) in [5, 5.41) is 0. The Hall–Kier alpha value is -0.350. The summed E-state index contributed by atoms with van der Waals surface area (Å²) in [4.78, 5) is 14.0. The number of benzene rings is 1. The summed E-state index contributed by atoms with van der Waals surface area (Å²) in [7, 11) is 0. The number of aryl methyl sites for hydroxylation is 2. The quantitative estimate of drug-likeness (QED) is 0.712. The van der Waals surface area contributed by atoms with Crippen LogP contribution in [0.5, 0.6) is 0 Å². The standard InChI is InChI=1S/C12H13Br2NO/c1-7-4-11(8(2)3-10(7)14)15-6-9(13)5-12(15)16/h3-4,9H,5-6H2,1-2H3. The maximum absolute atomic E-state index is 11.8. The molecule has 0 aliphatic carbocycles. The molecule has 86 valence electrons. The van der Waals surface area contributed by atoms with Crippen molar-refractivity contribution < 1.29 is 4.79 Å². The Morgan fingerprint density at radius 1 is 1.31 bits per heavy atom. The van der Waals surface area contributed by atoms with Crippen LogP contribution in [0.25, 0.3) is 0 Å². The monoisotopic (exact) mass is 345 g/mol. The van der Waals surface area contributed by atoms with Crippen molar-refractivity contribution in [2.24, 2.45) is 0 Å². The van der Waals surface area contributed by atoms with E-state index in [4.69, 9.17) is 0 Å². The lowest BCUT2D eigenvalue weighted by atomic mass is 10.1. The van der Waals surface area contributed by atoms with Gasteiger partial charge in [-0.05, 0) is 37.1 Å². The van der Waals surface area contributed by atoms with Gasteiger partial charge in [0, 0.05) is 28.0 Å². The van der Waals surface area contributed by atoms with Crippen LogP contribution in [0.15, 0.2) is 16.6 Å². The van der Waals surface area contributed by atoms with Gasteiger partial charge in [-0.1, -0.05) is 31.9 Å². The van der Waals surface area contributed by atoms with E-state index in [1.165, 1.54) is 0 Å². The van der Waals surface area contributed by atoms with Crippen molar-refractivity contribution in [1.29, 1.82) is 0 Å². The van der Waals surface area contributed by atoms with Gasteiger partial charge in [0.2, 0.25) is 5.91 Å². The van der Waals surface area contributed by atoms with Gasteiger partial charge in [-0.2, -0.15) is 0 Å². The lowest BCUT2D eigenvalue weighted by Crippen LogP contribution is -2.25. The third kappa shape index (κ3) is 2.18. The zero-order valence-electron chi connectivity index (χ0n) is 9.26. The van der Waals surface area contributed by atoms with E-state index in [-0.39, 0.29) is 10.7 Å². The molecule has 1 fully saturated rings. The van der Waals surface area contributed by atoms with E-state index in [1.807, 2.05) is 18.7 Å². The molecule has 1 aromatic carbocycles. The van der Waals surface area contributed by atoms with Crippen LogP contribution in [-0.2, 0) is 4.79 Å². The second-order valence-corrected chi connectivity index (χ2v) is 6.34. The summed E-state index contributed by atoms with van der Waals surface area (Å²) >= 11 is 7.01. The Morgan fingerprint density at radius 2 is 2.00 bits per heavy atom. The number of amides is 1. The Morgan fingerprint density at radius 3 is 2.56 bits per heavy atom. The summed E-state index contributed by atoms with van der Waals surface area (Å²) < 4.78 is 1.09. The number of rotatable bonds is 1. The normalized spacial score (nSPS) is 20.6. The van der Waals surface area contributed by atoms with E-state index in [9.17, 15) is 4.79 Å². The van der Waals surface area contributed by atoms with Gasteiger partial charge in [0.25, 0.3) is 0 Å². The summed E-state index contributed by atoms with van der Waals surface area (Å²) in [6.45, 7) is 4.84. The van der Waals surface area contributed by atoms with Gasteiger partial charge in [0.1, 0.15) is 0 Å². The van der Waals surface area contributed by atoms with Gasteiger partial charge in [-0.25, -0.2) is 0 Å². The van der Waals surface area contributed by atoms with Crippen LogP contribution in [0.3, 0.4) is 0 Å². The highest BCUT2D eigenvalue weighted by Crippen LogP contribution is 2.31. The molecule has 0 bridgehead atoms. The fourth-order valence-corrected chi connectivity index (χ4v) is 2.98. The van der Waals surface area contributed by atoms with Crippen LogP contribution < -0.4 is 4.90 Å². The molecule has 1 aliphatic heterocycles. The van der Waals surface area contributed by atoms with Crippen molar-refractivity contribution in [3.8, 4) is 0 Å². The number of carbonyl (C=O) groups is 1.